The summed E-state index contributed by atoms with van der Waals surface area (Å²) < 4.78 is 1.66. The van der Waals surface area contributed by atoms with E-state index in [1.165, 1.54) is 5.57 Å². The molecule has 2 heterocycles. The van der Waals surface area contributed by atoms with Gasteiger partial charge in [0.15, 0.2) is 0 Å². The monoisotopic (exact) mass is 326 g/mol. The van der Waals surface area contributed by atoms with E-state index in [-0.39, 0.29) is 5.91 Å². The Labute approximate surface area is 146 Å². The first-order valence-electron chi connectivity index (χ1n) is 8.81. The Kier molecular flexibility index (Phi) is 3.20. The van der Waals surface area contributed by atoms with Crippen LogP contribution in [0.1, 0.15) is 29.8 Å². The molecular weight excluding hydrogens is 308 g/mol. The lowest BCUT2D eigenvalue weighted by molar-refractivity contribution is 0.0929. The normalized spacial score (nSPS) is 16.1. The molecule has 3 aromatic rings. The second kappa shape index (κ2) is 5.55. The summed E-state index contributed by atoms with van der Waals surface area (Å²) in [6.07, 6.45) is 3.87. The SMILES string of the molecule is O=C1C2=C(CCC2)Cc2c(-c3ccccc3)c(-c3ccccc3)nn21. The van der Waals surface area contributed by atoms with Crippen LogP contribution in [0.25, 0.3) is 22.4 Å². The molecule has 1 aromatic heterocycles. The highest BCUT2D eigenvalue weighted by Gasteiger charge is 2.33. The summed E-state index contributed by atoms with van der Waals surface area (Å²) in [7, 11) is 0. The number of fused-ring (bicyclic) bond motifs is 1. The van der Waals surface area contributed by atoms with Crippen molar-refractivity contribution < 1.29 is 4.79 Å². The number of benzene rings is 2. The van der Waals surface area contributed by atoms with Crippen molar-refractivity contribution in [2.24, 2.45) is 0 Å². The molecule has 0 N–H and O–H groups in total. The largest absolute Gasteiger partial charge is 0.274 e. The van der Waals surface area contributed by atoms with Crippen LogP contribution in [-0.2, 0) is 6.42 Å². The van der Waals surface area contributed by atoms with Crippen LogP contribution in [0.5, 0.6) is 0 Å². The van der Waals surface area contributed by atoms with Crippen molar-refractivity contribution in [3.8, 4) is 22.4 Å². The molecule has 0 bridgehead atoms. The van der Waals surface area contributed by atoms with Crippen molar-refractivity contribution in [1.82, 2.24) is 9.78 Å². The molecule has 0 saturated carbocycles. The van der Waals surface area contributed by atoms with E-state index in [2.05, 4.69) is 24.3 Å². The van der Waals surface area contributed by atoms with E-state index in [0.29, 0.717) is 0 Å². The molecule has 3 nitrogen and oxygen atoms in total. The fourth-order valence-electron chi connectivity index (χ4n) is 4.08. The fraction of sp³-hybridized carbons (Fsp3) is 0.182. The summed E-state index contributed by atoms with van der Waals surface area (Å²) in [5.41, 5.74) is 7.52. The zero-order chi connectivity index (χ0) is 16.8. The number of aromatic nitrogens is 2. The average molecular weight is 326 g/mol. The van der Waals surface area contributed by atoms with Gasteiger partial charge < -0.3 is 0 Å². The highest BCUT2D eigenvalue weighted by atomic mass is 16.2. The summed E-state index contributed by atoms with van der Waals surface area (Å²) in [6.45, 7) is 0. The molecule has 2 aromatic carbocycles. The third-order valence-corrected chi connectivity index (χ3v) is 5.25. The van der Waals surface area contributed by atoms with Gasteiger partial charge in [-0.3, -0.25) is 4.79 Å². The average Bonchev–Trinajstić information content (AvgIpc) is 3.28. The minimum atomic E-state index is 0.0770. The highest BCUT2D eigenvalue weighted by Crippen LogP contribution is 2.41. The van der Waals surface area contributed by atoms with Crippen molar-refractivity contribution in [3.63, 3.8) is 0 Å². The number of allylic oxidation sites excluding steroid dienone is 2. The van der Waals surface area contributed by atoms with Crippen LogP contribution in [0.2, 0.25) is 0 Å². The lowest BCUT2D eigenvalue weighted by Crippen LogP contribution is -2.22. The molecule has 0 atom stereocenters. The first-order valence-corrected chi connectivity index (χ1v) is 8.81. The molecule has 0 unspecified atom stereocenters. The molecule has 1 aliphatic carbocycles. The van der Waals surface area contributed by atoms with Crippen LogP contribution in [0, 0.1) is 0 Å². The van der Waals surface area contributed by atoms with Gasteiger partial charge in [0.2, 0.25) is 0 Å². The van der Waals surface area contributed by atoms with Crippen LogP contribution in [-0.4, -0.2) is 15.7 Å². The molecule has 0 spiro atoms. The number of carbonyl (C=O) groups is 1. The second-order valence-corrected chi connectivity index (χ2v) is 6.73. The molecule has 0 amide bonds. The quantitative estimate of drug-likeness (QED) is 0.672. The summed E-state index contributed by atoms with van der Waals surface area (Å²) in [4.78, 5) is 13.0. The van der Waals surface area contributed by atoms with E-state index >= 15 is 0 Å². The van der Waals surface area contributed by atoms with Gasteiger partial charge in [0, 0.05) is 23.1 Å². The first-order chi connectivity index (χ1) is 12.3. The Morgan fingerprint density at radius 3 is 2.24 bits per heavy atom. The Morgan fingerprint density at radius 2 is 1.52 bits per heavy atom. The molecule has 0 fully saturated rings. The number of rotatable bonds is 2. The fourth-order valence-corrected chi connectivity index (χ4v) is 4.08. The van der Waals surface area contributed by atoms with Crippen LogP contribution in [0.3, 0.4) is 0 Å². The maximum absolute atomic E-state index is 13.0. The predicted molar refractivity (Wildman–Crippen MR) is 98.3 cm³/mol. The summed E-state index contributed by atoms with van der Waals surface area (Å²) >= 11 is 0. The maximum atomic E-state index is 13.0. The molecule has 25 heavy (non-hydrogen) atoms. The Bertz CT molecular complexity index is 997. The smallest absolute Gasteiger partial charge is 0.267 e. The molecule has 5 rings (SSSR count). The van der Waals surface area contributed by atoms with Gasteiger partial charge in [-0.05, 0) is 24.8 Å². The number of nitrogens with zero attached hydrogens (tertiary/aromatic N) is 2. The molecule has 1 aliphatic heterocycles. The molecule has 0 radical (unpaired) electrons. The second-order valence-electron chi connectivity index (χ2n) is 6.73. The lowest BCUT2D eigenvalue weighted by atomic mass is 9.93. The minimum Gasteiger partial charge on any atom is -0.267 e. The van der Waals surface area contributed by atoms with Crippen molar-refractivity contribution in [2.45, 2.75) is 25.7 Å². The zero-order valence-corrected chi connectivity index (χ0v) is 13.9. The first kappa shape index (κ1) is 14.4. The zero-order valence-electron chi connectivity index (χ0n) is 13.9. The third kappa shape index (κ3) is 2.19. The molecule has 2 aliphatic rings. The van der Waals surface area contributed by atoms with Crippen LogP contribution in [0.4, 0.5) is 0 Å². The Hall–Kier alpha value is -2.94. The lowest BCUT2D eigenvalue weighted by Gasteiger charge is -2.16. The number of hydrogen-bond acceptors (Lipinski definition) is 2. The standard InChI is InChI=1S/C22H18N2O/c25-22-18-13-7-12-17(18)14-19-20(15-8-3-1-4-9-15)21(23-24(19)22)16-10-5-2-6-11-16/h1-6,8-11H,7,12-14H2. The summed E-state index contributed by atoms with van der Waals surface area (Å²) in [6, 6.07) is 20.5. The van der Waals surface area contributed by atoms with E-state index in [0.717, 1.165) is 59.3 Å². The van der Waals surface area contributed by atoms with Gasteiger partial charge >= 0.3 is 0 Å². The highest BCUT2D eigenvalue weighted by molar-refractivity contribution is 6.00. The van der Waals surface area contributed by atoms with E-state index in [1.807, 2.05) is 36.4 Å². The maximum Gasteiger partial charge on any atom is 0.274 e. The van der Waals surface area contributed by atoms with Gasteiger partial charge in [-0.15, -0.1) is 0 Å². The van der Waals surface area contributed by atoms with Gasteiger partial charge in [0.05, 0.1) is 5.69 Å². The van der Waals surface area contributed by atoms with Crippen molar-refractivity contribution >= 4 is 5.91 Å². The van der Waals surface area contributed by atoms with Crippen molar-refractivity contribution in [3.05, 3.63) is 77.5 Å². The molecule has 122 valence electrons. The van der Waals surface area contributed by atoms with E-state index in [1.54, 1.807) is 4.68 Å². The van der Waals surface area contributed by atoms with Gasteiger partial charge in [-0.25, -0.2) is 0 Å². The van der Waals surface area contributed by atoms with E-state index < -0.39 is 0 Å². The molecular formula is C22H18N2O. The third-order valence-electron chi connectivity index (χ3n) is 5.25. The van der Waals surface area contributed by atoms with E-state index in [4.69, 9.17) is 5.10 Å². The predicted octanol–water partition coefficient (Wildman–Crippen LogP) is 4.89. The van der Waals surface area contributed by atoms with Crippen LogP contribution < -0.4 is 0 Å². The van der Waals surface area contributed by atoms with Gasteiger partial charge in [0.25, 0.3) is 5.91 Å². The summed E-state index contributed by atoms with van der Waals surface area (Å²) in [5, 5.41) is 4.77. The van der Waals surface area contributed by atoms with Crippen LogP contribution in [0.15, 0.2) is 71.8 Å². The molecule has 0 saturated heterocycles. The number of carbonyl (C=O) groups excluding carboxylic acids is 1. The Balaban J connectivity index is 1.77. The Morgan fingerprint density at radius 1 is 0.840 bits per heavy atom. The van der Waals surface area contributed by atoms with Crippen molar-refractivity contribution in [1.29, 1.82) is 0 Å². The van der Waals surface area contributed by atoms with Crippen molar-refractivity contribution in [2.75, 3.05) is 0 Å². The number of hydrogen-bond donors (Lipinski definition) is 0. The van der Waals surface area contributed by atoms with Gasteiger partial charge in [0.1, 0.15) is 5.69 Å². The van der Waals surface area contributed by atoms with E-state index in [9.17, 15) is 4.79 Å². The minimum absolute atomic E-state index is 0.0770. The van der Waals surface area contributed by atoms with Crippen LogP contribution >= 0.6 is 0 Å². The van der Waals surface area contributed by atoms with Gasteiger partial charge in [-0.2, -0.15) is 9.78 Å². The molecule has 3 heteroatoms. The topological polar surface area (TPSA) is 34.9 Å². The summed E-state index contributed by atoms with van der Waals surface area (Å²) in [5.74, 6) is 0.0770. The van der Waals surface area contributed by atoms with Gasteiger partial charge in [-0.1, -0.05) is 66.2 Å².